The summed E-state index contributed by atoms with van der Waals surface area (Å²) in [7, 11) is 1.63. The summed E-state index contributed by atoms with van der Waals surface area (Å²) in [6, 6.07) is 27.5. The maximum atomic E-state index is 13.3. The van der Waals surface area contributed by atoms with Crippen molar-refractivity contribution in [1.29, 1.82) is 0 Å². The molecule has 1 atom stereocenters. The van der Waals surface area contributed by atoms with Crippen LogP contribution in [0.5, 0.6) is 5.75 Å². The zero-order valence-corrected chi connectivity index (χ0v) is 22.0. The predicted octanol–water partition coefficient (Wildman–Crippen LogP) is 6.70. The van der Waals surface area contributed by atoms with Crippen molar-refractivity contribution >= 4 is 17.7 Å². The molecule has 2 amide bonds. The van der Waals surface area contributed by atoms with Gasteiger partial charge in [-0.25, -0.2) is 4.79 Å². The van der Waals surface area contributed by atoms with Gasteiger partial charge in [-0.2, -0.15) is 0 Å². The standard InChI is InChI=1S/C31H32N2O5/c1-31(2,3)38-30(35)33-26(19-21-9-6-5-7-10-21)29(34)32-24-12-8-11-23(20-24)28-18-17-27(37-28)22-13-15-25(36-4)16-14-22/h5-18,20,26H,19H2,1-4H3,(H,32,34)(H,33,35)/t26-/m0/s1. The number of ether oxygens (including phenoxy) is 2. The summed E-state index contributed by atoms with van der Waals surface area (Å²) in [4.78, 5) is 25.8. The molecule has 7 heteroatoms. The van der Waals surface area contributed by atoms with E-state index in [1.807, 2.05) is 84.9 Å². The predicted molar refractivity (Wildman–Crippen MR) is 148 cm³/mol. The van der Waals surface area contributed by atoms with Gasteiger partial charge in [0.2, 0.25) is 5.91 Å². The maximum Gasteiger partial charge on any atom is 0.408 e. The summed E-state index contributed by atoms with van der Waals surface area (Å²) in [5.41, 5.74) is 2.55. The highest BCUT2D eigenvalue weighted by molar-refractivity contribution is 5.97. The van der Waals surface area contributed by atoms with E-state index >= 15 is 0 Å². The van der Waals surface area contributed by atoms with Crippen molar-refractivity contribution in [3.05, 3.63) is 96.6 Å². The van der Waals surface area contributed by atoms with Gasteiger partial charge in [0.05, 0.1) is 7.11 Å². The summed E-state index contributed by atoms with van der Waals surface area (Å²) < 4.78 is 16.7. The molecule has 0 fully saturated rings. The van der Waals surface area contributed by atoms with Crippen molar-refractivity contribution in [3.63, 3.8) is 0 Å². The Labute approximate surface area is 222 Å². The fourth-order valence-corrected chi connectivity index (χ4v) is 3.89. The Balaban J connectivity index is 1.50. The van der Waals surface area contributed by atoms with Gasteiger partial charge in [0.15, 0.2) is 0 Å². The molecule has 196 valence electrons. The number of anilines is 1. The van der Waals surface area contributed by atoms with E-state index in [-0.39, 0.29) is 5.91 Å². The SMILES string of the molecule is COc1ccc(-c2ccc(-c3cccc(NC(=O)[C@H](Cc4ccccc4)NC(=O)OC(C)(C)C)c3)o2)cc1. The summed E-state index contributed by atoms with van der Waals surface area (Å²) in [6.45, 7) is 5.33. The van der Waals surface area contributed by atoms with Crippen LogP contribution in [0.2, 0.25) is 0 Å². The molecular formula is C31H32N2O5. The van der Waals surface area contributed by atoms with E-state index in [0.29, 0.717) is 17.9 Å². The third-order valence-electron chi connectivity index (χ3n) is 5.69. The first-order chi connectivity index (χ1) is 18.2. The quantitative estimate of drug-likeness (QED) is 0.274. The highest BCUT2D eigenvalue weighted by Crippen LogP contribution is 2.30. The van der Waals surface area contributed by atoms with Gasteiger partial charge in [-0.3, -0.25) is 4.79 Å². The summed E-state index contributed by atoms with van der Waals surface area (Å²) >= 11 is 0. The minimum Gasteiger partial charge on any atom is -0.497 e. The number of hydrogen-bond donors (Lipinski definition) is 2. The Morgan fingerprint density at radius 1 is 0.842 bits per heavy atom. The number of carbonyl (C=O) groups is 2. The maximum absolute atomic E-state index is 13.3. The van der Waals surface area contributed by atoms with E-state index < -0.39 is 17.7 Å². The molecule has 0 aliphatic carbocycles. The van der Waals surface area contributed by atoms with Crippen LogP contribution in [0, 0.1) is 0 Å². The largest absolute Gasteiger partial charge is 0.497 e. The van der Waals surface area contributed by atoms with Gasteiger partial charge in [-0.15, -0.1) is 0 Å². The Morgan fingerprint density at radius 3 is 2.18 bits per heavy atom. The van der Waals surface area contributed by atoms with E-state index in [1.165, 1.54) is 0 Å². The molecule has 0 saturated heterocycles. The van der Waals surface area contributed by atoms with E-state index in [9.17, 15) is 9.59 Å². The zero-order valence-electron chi connectivity index (χ0n) is 22.0. The molecular weight excluding hydrogens is 480 g/mol. The highest BCUT2D eigenvalue weighted by Gasteiger charge is 2.25. The van der Waals surface area contributed by atoms with Crippen molar-refractivity contribution in [2.75, 3.05) is 12.4 Å². The number of methoxy groups -OCH3 is 1. The van der Waals surface area contributed by atoms with Crippen LogP contribution in [-0.2, 0) is 16.0 Å². The van der Waals surface area contributed by atoms with E-state index in [1.54, 1.807) is 33.9 Å². The van der Waals surface area contributed by atoms with Crippen LogP contribution >= 0.6 is 0 Å². The molecule has 0 aliphatic rings. The lowest BCUT2D eigenvalue weighted by Gasteiger charge is -2.23. The summed E-state index contributed by atoms with van der Waals surface area (Å²) in [6.07, 6.45) is -0.335. The molecule has 7 nitrogen and oxygen atoms in total. The topological polar surface area (TPSA) is 89.8 Å². The van der Waals surface area contributed by atoms with Gasteiger partial charge in [0.25, 0.3) is 0 Å². The Hall–Kier alpha value is -4.52. The van der Waals surface area contributed by atoms with E-state index in [0.717, 1.165) is 28.2 Å². The number of amides is 2. The second kappa shape index (κ2) is 11.7. The second-order valence-corrected chi connectivity index (χ2v) is 9.85. The molecule has 1 heterocycles. The summed E-state index contributed by atoms with van der Waals surface area (Å²) in [5.74, 6) is 1.81. The van der Waals surface area contributed by atoms with Gasteiger partial charge in [0.1, 0.15) is 28.9 Å². The first kappa shape index (κ1) is 26.5. The fourth-order valence-electron chi connectivity index (χ4n) is 3.89. The molecule has 4 aromatic rings. The van der Waals surface area contributed by atoms with Crippen LogP contribution < -0.4 is 15.4 Å². The monoisotopic (exact) mass is 512 g/mol. The van der Waals surface area contributed by atoms with Crippen LogP contribution in [0.3, 0.4) is 0 Å². The average molecular weight is 513 g/mol. The number of benzene rings is 3. The second-order valence-electron chi connectivity index (χ2n) is 9.85. The number of rotatable bonds is 8. The number of furan rings is 1. The normalized spacial score (nSPS) is 11.9. The van der Waals surface area contributed by atoms with Crippen molar-refractivity contribution in [1.82, 2.24) is 5.32 Å². The lowest BCUT2D eigenvalue weighted by molar-refractivity contribution is -0.118. The molecule has 4 rings (SSSR count). The number of hydrogen-bond acceptors (Lipinski definition) is 5. The molecule has 3 aromatic carbocycles. The fraction of sp³-hybridized carbons (Fsp3) is 0.226. The Morgan fingerprint density at radius 2 is 1.53 bits per heavy atom. The average Bonchev–Trinajstić information content (AvgIpc) is 3.38. The van der Waals surface area contributed by atoms with Crippen molar-refractivity contribution in [2.24, 2.45) is 0 Å². The molecule has 0 radical (unpaired) electrons. The number of carbonyl (C=O) groups excluding carboxylic acids is 2. The first-order valence-corrected chi connectivity index (χ1v) is 12.4. The van der Waals surface area contributed by atoms with Crippen molar-refractivity contribution < 1.29 is 23.5 Å². The number of alkyl carbamates (subject to hydrolysis) is 1. The van der Waals surface area contributed by atoms with Crippen LogP contribution in [0.15, 0.2) is 95.4 Å². The third kappa shape index (κ3) is 7.26. The van der Waals surface area contributed by atoms with Crippen molar-refractivity contribution in [2.45, 2.75) is 38.8 Å². The van der Waals surface area contributed by atoms with Crippen LogP contribution in [0.4, 0.5) is 10.5 Å². The van der Waals surface area contributed by atoms with E-state index in [4.69, 9.17) is 13.9 Å². The minimum atomic E-state index is -0.832. The molecule has 0 saturated carbocycles. The third-order valence-corrected chi connectivity index (χ3v) is 5.69. The minimum absolute atomic E-state index is 0.314. The lowest BCUT2D eigenvalue weighted by atomic mass is 10.1. The van der Waals surface area contributed by atoms with Crippen LogP contribution in [0.1, 0.15) is 26.3 Å². The molecule has 0 unspecified atom stereocenters. The van der Waals surface area contributed by atoms with Gasteiger partial charge in [0, 0.05) is 23.2 Å². The zero-order chi connectivity index (χ0) is 27.1. The molecule has 0 spiro atoms. The van der Waals surface area contributed by atoms with Crippen molar-refractivity contribution in [3.8, 4) is 28.4 Å². The van der Waals surface area contributed by atoms with Crippen LogP contribution in [-0.4, -0.2) is 30.8 Å². The molecule has 1 aromatic heterocycles. The van der Waals surface area contributed by atoms with Gasteiger partial charge in [-0.1, -0.05) is 42.5 Å². The van der Waals surface area contributed by atoms with E-state index in [2.05, 4.69) is 10.6 Å². The summed E-state index contributed by atoms with van der Waals surface area (Å²) in [5, 5.41) is 5.64. The lowest BCUT2D eigenvalue weighted by Crippen LogP contribution is -2.47. The first-order valence-electron chi connectivity index (χ1n) is 12.4. The van der Waals surface area contributed by atoms with Gasteiger partial charge >= 0.3 is 6.09 Å². The molecule has 0 aliphatic heterocycles. The van der Waals surface area contributed by atoms with Gasteiger partial charge in [-0.05, 0) is 74.9 Å². The Bertz CT molecular complexity index is 1370. The Kier molecular flexibility index (Phi) is 8.16. The van der Waals surface area contributed by atoms with Gasteiger partial charge < -0.3 is 24.5 Å². The smallest absolute Gasteiger partial charge is 0.408 e. The molecule has 0 bridgehead atoms. The molecule has 38 heavy (non-hydrogen) atoms. The molecule has 2 N–H and O–H groups in total. The van der Waals surface area contributed by atoms with Crippen LogP contribution in [0.25, 0.3) is 22.6 Å². The number of nitrogens with one attached hydrogen (secondary N) is 2. The highest BCUT2D eigenvalue weighted by atomic mass is 16.6.